The van der Waals surface area contributed by atoms with Gasteiger partial charge in [-0.3, -0.25) is 4.79 Å². The van der Waals surface area contributed by atoms with Crippen molar-refractivity contribution in [2.45, 2.75) is 45.1 Å². The molecule has 0 fully saturated rings. The van der Waals surface area contributed by atoms with Crippen molar-refractivity contribution >= 4 is 5.91 Å². The van der Waals surface area contributed by atoms with Crippen molar-refractivity contribution in [3.05, 3.63) is 71.4 Å². The number of benzene rings is 2. The molecule has 1 aliphatic heterocycles. The van der Waals surface area contributed by atoms with E-state index in [-0.39, 0.29) is 18.7 Å². The topological polar surface area (TPSA) is 86.5 Å². The fourth-order valence-corrected chi connectivity index (χ4v) is 3.47. The number of hydrogen-bond donors (Lipinski definition) is 1. The molecule has 1 atom stereocenters. The van der Waals surface area contributed by atoms with Crippen LogP contribution in [0.1, 0.15) is 55.1 Å². The summed E-state index contributed by atoms with van der Waals surface area (Å²) in [6, 6.07) is 15.8. The Balaban J connectivity index is 1.30. The van der Waals surface area contributed by atoms with E-state index in [9.17, 15) is 4.79 Å². The molecule has 4 rings (SSSR count). The molecular weight excluding hydrogens is 382 g/mol. The van der Waals surface area contributed by atoms with Gasteiger partial charge in [-0.15, -0.1) is 10.2 Å². The van der Waals surface area contributed by atoms with Crippen LogP contribution >= 0.6 is 0 Å². The van der Waals surface area contributed by atoms with Crippen molar-refractivity contribution in [3.63, 3.8) is 0 Å². The molecule has 0 bridgehead atoms. The van der Waals surface area contributed by atoms with Crippen molar-refractivity contribution in [2.75, 3.05) is 6.79 Å². The van der Waals surface area contributed by atoms with Crippen LogP contribution in [0.15, 0.2) is 52.9 Å². The molecule has 2 aromatic carbocycles. The van der Waals surface area contributed by atoms with Crippen LogP contribution in [-0.4, -0.2) is 22.9 Å². The molecule has 1 amide bonds. The largest absolute Gasteiger partial charge is 0.454 e. The van der Waals surface area contributed by atoms with E-state index in [0.717, 1.165) is 35.5 Å². The molecule has 0 saturated heterocycles. The van der Waals surface area contributed by atoms with Crippen molar-refractivity contribution in [1.82, 2.24) is 15.5 Å². The molecule has 0 radical (unpaired) electrons. The van der Waals surface area contributed by atoms with Gasteiger partial charge < -0.3 is 19.2 Å². The minimum atomic E-state index is -0.0205. The second-order valence-electron chi connectivity index (χ2n) is 7.27. The Labute approximate surface area is 175 Å². The van der Waals surface area contributed by atoms with Crippen LogP contribution in [0.4, 0.5) is 0 Å². The Morgan fingerprint density at radius 3 is 2.70 bits per heavy atom. The Morgan fingerprint density at radius 2 is 1.87 bits per heavy atom. The van der Waals surface area contributed by atoms with Crippen molar-refractivity contribution < 1.29 is 18.7 Å². The lowest BCUT2D eigenvalue weighted by atomic mass is 10.0. The Morgan fingerprint density at radius 1 is 1.07 bits per heavy atom. The minimum absolute atomic E-state index is 0.0205. The number of fused-ring (bicyclic) bond motifs is 1. The summed E-state index contributed by atoms with van der Waals surface area (Å²) >= 11 is 0. The van der Waals surface area contributed by atoms with Crippen molar-refractivity contribution in [1.29, 1.82) is 0 Å². The van der Waals surface area contributed by atoms with E-state index in [1.807, 2.05) is 48.5 Å². The molecule has 2 heterocycles. The quantitative estimate of drug-likeness (QED) is 0.577. The molecule has 7 nitrogen and oxygen atoms in total. The molecule has 0 spiro atoms. The number of nitrogens with zero attached hydrogens (tertiary/aromatic N) is 2. The summed E-state index contributed by atoms with van der Waals surface area (Å²) in [6.45, 7) is 2.36. The highest BCUT2D eigenvalue weighted by Crippen LogP contribution is 2.33. The third-order valence-corrected chi connectivity index (χ3v) is 4.98. The van der Waals surface area contributed by atoms with E-state index < -0.39 is 0 Å². The van der Waals surface area contributed by atoms with Gasteiger partial charge in [-0.25, -0.2) is 0 Å². The first kappa shape index (κ1) is 19.9. The summed E-state index contributed by atoms with van der Waals surface area (Å²) in [4.78, 5) is 12.5. The van der Waals surface area contributed by atoms with Gasteiger partial charge in [0.25, 0.3) is 0 Å². The van der Waals surface area contributed by atoms with E-state index in [4.69, 9.17) is 13.9 Å². The number of aromatic nitrogens is 2. The normalized spacial score (nSPS) is 13.2. The van der Waals surface area contributed by atoms with Crippen molar-refractivity contribution in [2.24, 2.45) is 0 Å². The van der Waals surface area contributed by atoms with E-state index >= 15 is 0 Å². The number of nitrogens with one attached hydrogen (secondary N) is 1. The van der Waals surface area contributed by atoms with Gasteiger partial charge in [0.2, 0.25) is 24.5 Å². The van der Waals surface area contributed by atoms with Crippen molar-refractivity contribution in [3.8, 4) is 11.5 Å². The van der Waals surface area contributed by atoms with Crippen LogP contribution in [0.25, 0.3) is 0 Å². The maximum Gasteiger partial charge on any atom is 0.231 e. The zero-order chi connectivity index (χ0) is 20.8. The number of hydrogen-bond acceptors (Lipinski definition) is 6. The summed E-state index contributed by atoms with van der Waals surface area (Å²) in [5.41, 5.74) is 2.12. The van der Waals surface area contributed by atoms with Gasteiger partial charge in [-0.2, -0.15) is 0 Å². The second kappa shape index (κ2) is 9.43. The van der Waals surface area contributed by atoms with Gasteiger partial charge in [0.1, 0.15) is 0 Å². The third kappa shape index (κ3) is 4.97. The average molecular weight is 407 g/mol. The van der Waals surface area contributed by atoms with Gasteiger partial charge in [0.15, 0.2) is 11.5 Å². The molecule has 0 aliphatic carbocycles. The van der Waals surface area contributed by atoms with Crippen LogP contribution in [0.3, 0.4) is 0 Å². The monoisotopic (exact) mass is 407 g/mol. The zero-order valence-electron chi connectivity index (χ0n) is 17.0. The predicted octanol–water partition coefficient (Wildman–Crippen LogP) is 3.98. The smallest absolute Gasteiger partial charge is 0.231 e. The van der Waals surface area contributed by atoms with Gasteiger partial charge in [-0.1, -0.05) is 49.7 Å². The number of ether oxygens (including phenoxy) is 2. The van der Waals surface area contributed by atoms with Crippen LogP contribution in [0.2, 0.25) is 0 Å². The molecule has 1 aromatic heterocycles. The van der Waals surface area contributed by atoms with E-state index in [1.165, 1.54) is 0 Å². The lowest BCUT2D eigenvalue weighted by Crippen LogP contribution is -2.28. The molecule has 1 aliphatic rings. The van der Waals surface area contributed by atoms with Gasteiger partial charge in [-0.05, 0) is 29.7 Å². The van der Waals surface area contributed by atoms with Crippen LogP contribution < -0.4 is 14.8 Å². The fourth-order valence-electron chi connectivity index (χ4n) is 3.47. The van der Waals surface area contributed by atoms with Gasteiger partial charge in [0.05, 0.1) is 12.5 Å². The Kier molecular flexibility index (Phi) is 6.27. The SMILES string of the molecule is CCCC(NC(=O)CCc1nnc(Cc2ccc3c(c2)OCO3)o1)c1ccccc1. The maximum absolute atomic E-state index is 12.5. The summed E-state index contributed by atoms with van der Waals surface area (Å²) in [7, 11) is 0. The fraction of sp³-hybridized carbons (Fsp3) is 0.348. The summed E-state index contributed by atoms with van der Waals surface area (Å²) in [5, 5.41) is 11.3. The molecule has 1 unspecified atom stereocenters. The molecule has 156 valence electrons. The predicted molar refractivity (Wildman–Crippen MR) is 110 cm³/mol. The number of rotatable bonds is 9. The summed E-state index contributed by atoms with van der Waals surface area (Å²) < 4.78 is 16.4. The summed E-state index contributed by atoms with van der Waals surface area (Å²) in [5.74, 6) is 2.43. The lowest BCUT2D eigenvalue weighted by Gasteiger charge is -2.18. The Hall–Kier alpha value is -3.35. The first-order valence-corrected chi connectivity index (χ1v) is 10.3. The standard InChI is InChI=1S/C23H25N3O4/c1-2-6-18(17-7-4-3-5-8-17)24-21(27)11-12-22-25-26-23(30-22)14-16-9-10-19-20(13-16)29-15-28-19/h3-5,7-10,13,18H,2,6,11-12,14-15H2,1H3,(H,24,27). The third-order valence-electron chi connectivity index (χ3n) is 4.98. The minimum Gasteiger partial charge on any atom is -0.454 e. The molecule has 7 heteroatoms. The average Bonchev–Trinajstić information content (AvgIpc) is 3.41. The van der Waals surface area contributed by atoms with E-state index in [2.05, 4.69) is 22.4 Å². The molecule has 3 aromatic rings. The molecule has 0 saturated carbocycles. The highest BCUT2D eigenvalue weighted by molar-refractivity contribution is 5.76. The highest BCUT2D eigenvalue weighted by Gasteiger charge is 2.17. The number of carbonyl (C=O) groups excluding carboxylic acids is 1. The van der Waals surface area contributed by atoms with E-state index in [0.29, 0.717) is 31.0 Å². The van der Waals surface area contributed by atoms with Crippen LogP contribution in [0, 0.1) is 0 Å². The molecule has 1 N–H and O–H groups in total. The summed E-state index contributed by atoms with van der Waals surface area (Å²) in [6.07, 6.45) is 3.11. The molecule has 30 heavy (non-hydrogen) atoms. The van der Waals surface area contributed by atoms with Crippen LogP contribution in [0.5, 0.6) is 11.5 Å². The van der Waals surface area contributed by atoms with Gasteiger partial charge >= 0.3 is 0 Å². The second-order valence-corrected chi connectivity index (χ2v) is 7.27. The molecular formula is C23H25N3O4. The highest BCUT2D eigenvalue weighted by atomic mass is 16.7. The van der Waals surface area contributed by atoms with Crippen LogP contribution in [-0.2, 0) is 17.6 Å². The first-order valence-electron chi connectivity index (χ1n) is 10.3. The first-order chi connectivity index (χ1) is 14.7. The zero-order valence-corrected chi connectivity index (χ0v) is 17.0. The van der Waals surface area contributed by atoms with E-state index in [1.54, 1.807) is 0 Å². The number of amides is 1. The van der Waals surface area contributed by atoms with Gasteiger partial charge in [0, 0.05) is 12.8 Å². The number of carbonyl (C=O) groups is 1. The Bertz CT molecular complexity index is 987. The lowest BCUT2D eigenvalue weighted by molar-refractivity contribution is -0.121. The number of aryl methyl sites for hydroxylation is 1. The maximum atomic E-state index is 12.5.